The van der Waals surface area contributed by atoms with Gasteiger partial charge in [0.05, 0.1) is 6.10 Å². The Kier molecular flexibility index (Phi) is 4.90. The Hall–Kier alpha value is -1.82. The minimum absolute atomic E-state index is 0.0309. The summed E-state index contributed by atoms with van der Waals surface area (Å²) in [5.41, 5.74) is -0.699. The van der Waals surface area contributed by atoms with Gasteiger partial charge in [-0.2, -0.15) is 0 Å². The molecule has 1 aromatic heterocycles. The maximum Gasteiger partial charge on any atom is 0.412 e. The summed E-state index contributed by atoms with van der Waals surface area (Å²) in [6.07, 6.45) is 3.77. The molecule has 1 aliphatic rings. The largest absolute Gasteiger partial charge is 0.444 e. The van der Waals surface area contributed by atoms with E-state index in [1.54, 1.807) is 43.7 Å². The molecule has 1 aliphatic carbocycles. The van der Waals surface area contributed by atoms with Gasteiger partial charge in [0, 0.05) is 12.2 Å². The number of pyridine rings is 1. The number of hydrogen-bond donors (Lipinski definition) is 2. The first-order valence-corrected chi connectivity index (χ1v) is 7.65. The molecule has 1 aromatic rings. The van der Waals surface area contributed by atoms with Gasteiger partial charge in [0.15, 0.2) is 0 Å². The fourth-order valence-electron chi connectivity index (χ4n) is 2.70. The molecular weight excluding hydrogens is 284 g/mol. The van der Waals surface area contributed by atoms with E-state index in [1.807, 2.05) is 0 Å². The molecule has 1 fully saturated rings. The second-order valence-corrected chi connectivity index (χ2v) is 6.74. The smallest absolute Gasteiger partial charge is 0.412 e. The van der Waals surface area contributed by atoms with Gasteiger partial charge < -0.3 is 14.4 Å². The Morgan fingerprint density at radius 2 is 2.14 bits per heavy atom. The first kappa shape index (κ1) is 16.5. The highest BCUT2D eigenvalue weighted by atomic mass is 16.6. The number of aliphatic hydroxyl groups excluding tert-OH is 1. The lowest BCUT2D eigenvalue weighted by Gasteiger charge is -2.27. The minimum Gasteiger partial charge on any atom is -0.444 e. The van der Waals surface area contributed by atoms with Gasteiger partial charge >= 0.3 is 6.09 Å². The Morgan fingerprint density at radius 3 is 2.77 bits per heavy atom. The van der Waals surface area contributed by atoms with Crippen LogP contribution in [-0.2, 0) is 4.74 Å². The number of nitrogens with one attached hydrogen (secondary N) is 1. The molecule has 0 saturated heterocycles. The van der Waals surface area contributed by atoms with Gasteiger partial charge in [-0.25, -0.2) is 4.79 Å². The van der Waals surface area contributed by atoms with Crippen LogP contribution in [0.3, 0.4) is 0 Å². The Balaban J connectivity index is 2.15. The molecule has 2 rings (SSSR count). The quantitative estimate of drug-likeness (QED) is 0.880. The normalized spacial score (nSPS) is 22.2. The topological polar surface area (TPSA) is 80.6 Å². The molecule has 0 aromatic carbocycles. The minimum atomic E-state index is -0.647. The van der Waals surface area contributed by atoms with Crippen LogP contribution in [0.1, 0.15) is 52.5 Å². The van der Waals surface area contributed by atoms with Gasteiger partial charge in [0.1, 0.15) is 11.3 Å². The second-order valence-electron chi connectivity index (χ2n) is 6.74. The number of hydrogen-bond acceptors (Lipinski definition) is 4. The van der Waals surface area contributed by atoms with Gasteiger partial charge in [0.2, 0.25) is 0 Å². The molecule has 1 unspecified atom stereocenters. The van der Waals surface area contributed by atoms with Crippen LogP contribution in [0, 0.1) is 0 Å². The van der Waals surface area contributed by atoms with Gasteiger partial charge in [-0.15, -0.1) is 0 Å². The summed E-state index contributed by atoms with van der Waals surface area (Å²) in [5, 5.41) is 12.3. The summed E-state index contributed by atoms with van der Waals surface area (Å²) in [7, 11) is 0. The molecule has 1 amide bonds. The lowest BCUT2D eigenvalue weighted by molar-refractivity contribution is 0.0635. The summed E-state index contributed by atoms with van der Waals surface area (Å²) in [6.45, 7) is 5.29. The van der Waals surface area contributed by atoms with Crippen molar-refractivity contribution in [3.8, 4) is 0 Å². The van der Waals surface area contributed by atoms with Crippen molar-refractivity contribution in [3.63, 3.8) is 0 Å². The van der Waals surface area contributed by atoms with Crippen molar-refractivity contribution in [2.24, 2.45) is 0 Å². The molecule has 122 valence electrons. The third-order valence-electron chi connectivity index (χ3n) is 3.62. The Labute approximate surface area is 130 Å². The fraction of sp³-hybridized carbons (Fsp3) is 0.625. The summed E-state index contributed by atoms with van der Waals surface area (Å²) in [5.74, 6) is 0. The molecule has 1 heterocycles. The molecule has 1 saturated carbocycles. The van der Waals surface area contributed by atoms with Crippen LogP contribution < -0.4 is 10.9 Å². The van der Waals surface area contributed by atoms with Crippen molar-refractivity contribution in [3.05, 3.63) is 28.7 Å². The average Bonchev–Trinajstić information content (AvgIpc) is 2.39. The van der Waals surface area contributed by atoms with Crippen LogP contribution in [0.5, 0.6) is 0 Å². The molecule has 2 atom stereocenters. The zero-order valence-corrected chi connectivity index (χ0v) is 13.3. The maximum atomic E-state index is 12.5. The molecule has 6 nitrogen and oxygen atoms in total. The van der Waals surface area contributed by atoms with Crippen LogP contribution in [0.15, 0.2) is 23.1 Å². The highest BCUT2D eigenvalue weighted by Gasteiger charge is 2.23. The lowest BCUT2D eigenvalue weighted by atomic mass is 9.93. The standard InChI is InChI=1S/C16H24N2O4/c1-16(2,3)22-15(21)17-13-8-5-9-18(14(13)20)11-6-4-7-12(19)10-11/h5,8-9,11-12,19H,4,6-7,10H2,1-3H3,(H,17,21)/t11?,12-/m0/s1. The number of nitrogens with zero attached hydrogens (tertiary/aromatic N) is 1. The molecule has 0 bridgehead atoms. The van der Waals surface area contributed by atoms with Crippen molar-refractivity contribution in [2.45, 2.75) is 64.2 Å². The van der Waals surface area contributed by atoms with Crippen LogP contribution in [0.2, 0.25) is 0 Å². The number of amides is 1. The summed E-state index contributed by atoms with van der Waals surface area (Å²) >= 11 is 0. The van der Waals surface area contributed by atoms with Crippen LogP contribution >= 0.6 is 0 Å². The fourth-order valence-corrected chi connectivity index (χ4v) is 2.70. The van der Waals surface area contributed by atoms with E-state index in [1.165, 1.54) is 0 Å². The van der Waals surface area contributed by atoms with Crippen LogP contribution in [0.25, 0.3) is 0 Å². The van der Waals surface area contributed by atoms with E-state index in [2.05, 4.69) is 5.32 Å². The summed E-state index contributed by atoms with van der Waals surface area (Å²) in [6, 6.07) is 3.24. The zero-order chi connectivity index (χ0) is 16.3. The van der Waals surface area contributed by atoms with E-state index in [0.29, 0.717) is 6.42 Å². The van der Waals surface area contributed by atoms with Gasteiger partial charge in [-0.1, -0.05) is 0 Å². The van der Waals surface area contributed by atoms with E-state index < -0.39 is 11.7 Å². The summed E-state index contributed by atoms with van der Waals surface area (Å²) in [4.78, 5) is 24.3. The predicted octanol–water partition coefficient (Wildman–Crippen LogP) is 2.67. The number of ether oxygens (including phenoxy) is 1. The Morgan fingerprint density at radius 1 is 1.41 bits per heavy atom. The molecule has 6 heteroatoms. The molecule has 2 N–H and O–H groups in total. The van der Waals surface area contributed by atoms with Crippen LogP contribution in [-0.4, -0.2) is 27.5 Å². The zero-order valence-electron chi connectivity index (χ0n) is 13.3. The van der Waals surface area contributed by atoms with E-state index in [9.17, 15) is 14.7 Å². The number of rotatable bonds is 2. The third kappa shape index (κ3) is 4.34. The van der Waals surface area contributed by atoms with Crippen molar-refractivity contribution in [1.29, 1.82) is 0 Å². The van der Waals surface area contributed by atoms with Crippen molar-refractivity contribution in [2.75, 3.05) is 5.32 Å². The number of aromatic nitrogens is 1. The van der Waals surface area contributed by atoms with Gasteiger partial charge in [0.25, 0.3) is 5.56 Å². The molecule has 0 aliphatic heterocycles. The average molecular weight is 308 g/mol. The van der Waals surface area contributed by atoms with E-state index in [0.717, 1.165) is 19.3 Å². The van der Waals surface area contributed by atoms with Gasteiger partial charge in [-0.3, -0.25) is 10.1 Å². The molecule has 0 spiro atoms. The monoisotopic (exact) mass is 308 g/mol. The highest BCUT2D eigenvalue weighted by molar-refractivity contribution is 5.84. The van der Waals surface area contributed by atoms with Crippen molar-refractivity contribution in [1.82, 2.24) is 4.57 Å². The van der Waals surface area contributed by atoms with Crippen molar-refractivity contribution >= 4 is 11.8 Å². The molecular formula is C16H24N2O4. The van der Waals surface area contributed by atoms with E-state index >= 15 is 0 Å². The second kappa shape index (κ2) is 6.52. The number of anilines is 1. The number of carbonyl (C=O) groups excluding carboxylic acids is 1. The van der Waals surface area contributed by atoms with E-state index in [4.69, 9.17) is 4.74 Å². The first-order valence-electron chi connectivity index (χ1n) is 7.65. The molecule has 0 radical (unpaired) electrons. The summed E-state index contributed by atoms with van der Waals surface area (Å²) < 4.78 is 6.75. The SMILES string of the molecule is CC(C)(C)OC(=O)Nc1cccn(C2CCC[C@H](O)C2)c1=O. The van der Waals surface area contributed by atoms with E-state index in [-0.39, 0.29) is 23.4 Å². The third-order valence-corrected chi connectivity index (χ3v) is 3.62. The number of carbonyl (C=O) groups is 1. The van der Waals surface area contributed by atoms with Gasteiger partial charge in [-0.05, 0) is 58.6 Å². The predicted molar refractivity (Wildman–Crippen MR) is 84.1 cm³/mol. The maximum absolute atomic E-state index is 12.5. The number of aliphatic hydroxyl groups is 1. The van der Waals surface area contributed by atoms with Crippen molar-refractivity contribution < 1.29 is 14.6 Å². The Bertz CT molecular complexity index is 589. The van der Waals surface area contributed by atoms with Crippen LogP contribution in [0.4, 0.5) is 10.5 Å². The molecule has 22 heavy (non-hydrogen) atoms. The first-order chi connectivity index (χ1) is 10.3. The highest BCUT2D eigenvalue weighted by Crippen LogP contribution is 2.27. The lowest BCUT2D eigenvalue weighted by Crippen LogP contribution is -2.33.